The molecule has 0 bridgehead atoms. The van der Waals surface area contributed by atoms with Crippen LogP contribution in [-0.2, 0) is 28.9 Å². The smallest absolute Gasteiger partial charge is 0.383 e. The summed E-state index contributed by atoms with van der Waals surface area (Å²) in [5.74, 6) is -1.19. The Hall–Kier alpha value is -3.31. The standard InChI is InChI=1S/C23H20F4N4O3/c1-10-20-14(7-34-10)12-5-13(15(24)6-16(12)30-21(20)28)22(32)31(2)18-9-33-8-17-11(18)3-4-19(29-17)23(25,26)27/h3-6,10,18H,7-9H2,1-2H3,(H2,28,30)/t10-,18-/m1/s1. The third-order valence-electron chi connectivity index (χ3n) is 6.33. The molecule has 2 atom stereocenters. The number of aromatic nitrogens is 2. The Morgan fingerprint density at radius 3 is 2.71 bits per heavy atom. The molecule has 0 aliphatic carbocycles. The van der Waals surface area contributed by atoms with Crippen molar-refractivity contribution in [2.75, 3.05) is 19.4 Å². The first-order valence-corrected chi connectivity index (χ1v) is 10.5. The van der Waals surface area contributed by atoms with E-state index in [1.807, 2.05) is 6.92 Å². The molecule has 0 fully saturated rings. The predicted molar refractivity (Wildman–Crippen MR) is 113 cm³/mol. The summed E-state index contributed by atoms with van der Waals surface area (Å²) in [6, 6.07) is 3.99. The van der Waals surface area contributed by atoms with Crippen LogP contribution in [0.5, 0.6) is 0 Å². The van der Waals surface area contributed by atoms with Crippen LogP contribution < -0.4 is 5.73 Å². The van der Waals surface area contributed by atoms with Crippen molar-refractivity contribution in [2.24, 2.45) is 0 Å². The van der Waals surface area contributed by atoms with Crippen LogP contribution >= 0.6 is 0 Å². The van der Waals surface area contributed by atoms with E-state index in [2.05, 4.69) is 9.97 Å². The SMILES string of the molecule is C[C@H]1OCc2c1c(N)nc1cc(F)c(C(=O)N(C)[C@@H]3COCc4nc(C(F)(F)F)ccc43)cc21. The van der Waals surface area contributed by atoms with E-state index in [-0.39, 0.29) is 43.0 Å². The quantitative estimate of drug-likeness (QED) is 0.555. The molecule has 2 aliphatic rings. The number of amides is 1. The Kier molecular flexibility index (Phi) is 5.21. The second-order valence-corrected chi connectivity index (χ2v) is 8.37. The minimum Gasteiger partial charge on any atom is -0.383 e. The van der Waals surface area contributed by atoms with Gasteiger partial charge in [-0.25, -0.2) is 14.4 Å². The van der Waals surface area contributed by atoms with E-state index in [4.69, 9.17) is 15.2 Å². The van der Waals surface area contributed by atoms with E-state index in [9.17, 15) is 18.0 Å². The largest absolute Gasteiger partial charge is 0.433 e. The van der Waals surface area contributed by atoms with Crippen LogP contribution in [0.2, 0.25) is 0 Å². The van der Waals surface area contributed by atoms with Gasteiger partial charge in [0.2, 0.25) is 0 Å². The average Bonchev–Trinajstić information content (AvgIpc) is 3.18. The van der Waals surface area contributed by atoms with E-state index in [0.29, 0.717) is 22.0 Å². The van der Waals surface area contributed by atoms with E-state index in [1.165, 1.54) is 24.1 Å². The predicted octanol–water partition coefficient (Wildman–Crippen LogP) is 4.30. The first-order chi connectivity index (χ1) is 16.1. The number of anilines is 1. The normalized spacial score (nSPS) is 19.7. The number of alkyl halides is 3. The number of nitrogens with zero attached hydrogens (tertiary/aromatic N) is 3. The van der Waals surface area contributed by atoms with E-state index >= 15 is 4.39 Å². The molecular weight excluding hydrogens is 456 g/mol. The highest BCUT2D eigenvalue weighted by Crippen LogP contribution is 2.39. The zero-order chi connectivity index (χ0) is 24.4. The summed E-state index contributed by atoms with van der Waals surface area (Å²) in [5, 5.41) is 0.559. The molecule has 5 rings (SSSR count). The summed E-state index contributed by atoms with van der Waals surface area (Å²) in [7, 11) is 1.45. The number of benzene rings is 1. The number of likely N-dealkylation sites (N-methyl/N-ethyl adjacent to an activating group) is 1. The molecule has 0 spiro atoms. The molecule has 0 radical (unpaired) electrons. The minimum atomic E-state index is -4.60. The van der Waals surface area contributed by atoms with Crippen molar-refractivity contribution < 1.29 is 31.8 Å². The maximum atomic E-state index is 15.0. The van der Waals surface area contributed by atoms with Gasteiger partial charge in [0.25, 0.3) is 5.91 Å². The van der Waals surface area contributed by atoms with E-state index < -0.39 is 29.6 Å². The fourth-order valence-electron chi connectivity index (χ4n) is 4.55. The maximum absolute atomic E-state index is 15.0. The second-order valence-electron chi connectivity index (χ2n) is 8.37. The number of nitrogens with two attached hydrogens (primary N) is 1. The lowest BCUT2D eigenvalue weighted by Gasteiger charge is -2.33. The van der Waals surface area contributed by atoms with Gasteiger partial charge in [0, 0.05) is 29.6 Å². The minimum absolute atomic E-state index is 0.0380. The molecule has 2 aliphatic heterocycles. The van der Waals surface area contributed by atoms with E-state index in [0.717, 1.165) is 17.7 Å². The van der Waals surface area contributed by atoms with Crippen molar-refractivity contribution in [3.63, 3.8) is 0 Å². The molecule has 1 aromatic carbocycles. The molecule has 2 aromatic heterocycles. The molecule has 0 saturated heterocycles. The molecule has 0 saturated carbocycles. The van der Waals surface area contributed by atoms with Gasteiger partial charge in [-0.15, -0.1) is 0 Å². The number of rotatable bonds is 2. The van der Waals surface area contributed by atoms with Crippen molar-refractivity contribution in [3.8, 4) is 0 Å². The zero-order valence-corrected chi connectivity index (χ0v) is 18.2. The highest BCUT2D eigenvalue weighted by molar-refractivity contribution is 5.99. The van der Waals surface area contributed by atoms with Gasteiger partial charge in [-0.2, -0.15) is 13.2 Å². The number of fused-ring (bicyclic) bond motifs is 4. The Bertz CT molecular complexity index is 1330. The Labute approximate surface area is 191 Å². The summed E-state index contributed by atoms with van der Waals surface area (Å²) in [5.41, 5.74) is 7.08. The van der Waals surface area contributed by atoms with Gasteiger partial charge in [0.1, 0.15) is 17.3 Å². The van der Waals surface area contributed by atoms with Crippen molar-refractivity contribution in [1.29, 1.82) is 0 Å². The third-order valence-corrected chi connectivity index (χ3v) is 6.33. The summed E-state index contributed by atoms with van der Waals surface area (Å²) in [4.78, 5) is 22.5. The Morgan fingerprint density at radius 2 is 1.97 bits per heavy atom. The van der Waals surface area contributed by atoms with Crippen LogP contribution in [0.25, 0.3) is 10.9 Å². The van der Waals surface area contributed by atoms with E-state index in [1.54, 1.807) is 0 Å². The number of nitrogen functional groups attached to an aromatic ring is 1. The van der Waals surface area contributed by atoms with Crippen LogP contribution in [0, 0.1) is 5.82 Å². The monoisotopic (exact) mass is 476 g/mol. The van der Waals surface area contributed by atoms with Crippen LogP contribution in [0.3, 0.4) is 0 Å². The van der Waals surface area contributed by atoms with Gasteiger partial charge >= 0.3 is 6.18 Å². The van der Waals surface area contributed by atoms with Gasteiger partial charge in [0.15, 0.2) is 0 Å². The van der Waals surface area contributed by atoms with Gasteiger partial charge < -0.3 is 20.1 Å². The first kappa shape index (κ1) is 22.5. The zero-order valence-electron chi connectivity index (χ0n) is 18.2. The van der Waals surface area contributed by atoms with Crippen molar-refractivity contribution in [3.05, 3.63) is 63.7 Å². The number of ether oxygens (including phenoxy) is 2. The summed E-state index contributed by atoms with van der Waals surface area (Å²) in [6.07, 6.45) is -4.87. The number of hydrogen-bond donors (Lipinski definition) is 1. The average molecular weight is 476 g/mol. The van der Waals surface area contributed by atoms with Crippen molar-refractivity contribution in [1.82, 2.24) is 14.9 Å². The molecule has 7 nitrogen and oxygen atoms in total. The molecule has 34 heavy (non-hydrogen) atoms. The van der Waals surface area contributed by atoms with Gasteiger partial charge in [0.05, 0.1) is 48.7 Å². The van der Waals surface area contributed by atoms with Crippen molar-refractivity contribution >= 4 is 22.6 Å². The number of carbonyl (C=O) groups is 1. The fraction of sp³-hybridized carbons (Fsp3) is 0.348. The molecule has 2 N–H and O–H groups in total. The Morgan fingerprint density at radius 1 is 1.21 bits per heavy atom. The highest BCUT2D eigenvalue weighted by Gasteiger charge is 2.36. The maximum Gasteiger partial charge on any atom is 0.433 e. The molecule has 178 valence electrons. The topological polar surface area (TPSA) is 90.6 Å². The van der Waals surface area contributed by atoms with Crippen LogP contribution in [0.4, 0.5) is 23.4 Å². The molecule has 0 unspecified atom stereocenters. The number of carbonyl (C=O) groups excluding carboxylic acids is 1. The molecule has 11 heteroatoms. The Balaban J connectivity index is 1.53. The summed E-state index contributed by atoms with van der Waals surface area (Å²) >= 11 is 0. The number of halogens is 4. The first-order valence-electron chi connectivity index (χ1n) is 10.5. The number of hydrogen-bond acceptors (Lipinski definition) is 6. The molecule has 3 aromatic rings. The van der Waals surface area contributed by atoms with Crippen LogP contribution in [0.15, 0.2) is 24.3 Å². The third kappa shape index (κ3) is 3.55. The molecular formula is C23H20F4N4O3. The second kappa shape index (κ2) is 7.88. The lowest BCUT2D eigenvalue weighted by Crippen LogP contribution is -2.37. The van der Waals surface area contributed by atoms with Gasteiger partial charge in [-0.3, -0.25) is 4.79 Å². The highest BCUT2D eigenvalue weighted by atomic mass is 19.4. The number of pyridine rings is 2. The van der Waals surface area contributed by atoms with Gasteiger partial charge in [-0.05, 0) is 24.6 Å². The molecule has 1 amide bonds. The molecule has 4 heterocycles. The van der Waals surface area contributed by atoms with Crippen LogP contribution in [0.1, 0.15) is 57.5 Å². The summed E-state index contributed by atoms with van der Waals surface area (Å²) < 4.78 is 65.2. The fourth-order valence-corrected chi connectivity index (χ4v) is 4.55. The lowest BCUT2D eigenvalue weighted by molar-refractivity contribution is -0.141. The van der Waals surface area contributed by atoms with Crippen LogP contribution in [-0.4, -0.2) is 34.4 Å². The lowest BCUT2D eigenvalue weighted by atomic mass is 9.98. The van der Waals surface area contributed by atoms with Crippen molar-refractivity contribution in [2.45, 2.75) is 38.5 Å². The van der Waals surface area contributed by atoms with Gasteiger partial charge in [-0.1, -0.05) is 6.07 Å². The summed E-state index contributed by atoms with van der Waals surface area (Å²) in [6.45, 7) is 2.01.